The van der Waals surface area contributed by atoms with Gasteiger partial charge in [-0.15, -0.1) is 0 Å². The zero-order valence-electron chi connectivity index (χ0n) is 12.7. The molecule has 1 atom stereocenters. The molecule has 0 radical (unpaired) electrons. The first-order valence-corrected chi connectivity index (χ1v) is 7.41. The molecule has 0 aliphatic carbocycles. The van der Waals surface area contributed by atoms with Crippen LogP contribution in [0.1, 0.15) is 36.0 Å². The zero-order valence-corrected chi connectivity index (χ0v) is 12.7. The Bertz CT molecular complexity index is 508. The number of hydrogen-bond acceptors (Lipinski definition) is 3. The molecule has 0 aromatic heterocycles. The average Bonchev–Trinajstić information content (AvgIpc) is 2.98. The maximum absolute atomic E-state index is 11.9. The fourth-order valence-electron chi connectivity index (χ4n) is 2.52. The van der Waals surface area contributed by atoms with Gasteiger partial charge >= 0.3 is 0 Å². The van der Waals surface area contributed by atoms with Crippen LogP contribution in [0.2, 0.25) is 0 Å². The lowest BCUT2D eigenvalue weighted by atomic mass is 10.1. The number of anilines is 1. The predicted molar refractivity (Wildman–Crippen MR) is 83.3 cm³/mol. The summed E-state index contributed by atoms with van der Waals surface area (Å²) in [5, 5.41) is 6.24. The summed E-state index contributed by atoms with van der Waals surface area (Å²) in [5.74, 6) is -0.0700. The summed E-state index contributed by atoms with van der Waals surface area (Å²) in [6, 6.07) is 7.52. The number of benzene rings is 1. The van der Waals surface area contributed by atoms with Crippen molar-refractivity contribution in [2.24, 2.45) is 0 Å². The van der Waals surface area contributed by atoms with Gasteiger partial charge in [0.05, 0.1) is 0 Å². The van der Waals surface area contributed by atoms with Gasteiger partial charge in [-0.05, 0) is 44.0 Å². The van der Waals surface area contributed by atoms with Crippen LogP contribution in [0.4, 0.5) is 5.69 Å². The Morgan fingerprint density at radius 3 is 2.86 bits per heavy atom. The van der Waals surface area contributed by atoms with E-state index in [4.69, 9.17) is 0 Å². The van der Waals surface area contributed by atoms with E-state index in [1.807, 2.05) is 0 Å². The summed E-state index contributed by atoms with van der Waals surface area (Å²) in [5.41, 5.74) is 1.25. The number of hydrogen-bond donors (Lipinski definition) is 2. The second-order valence-electron chi connectivity index (χ2n) is 5.66. The molecule has 5 heteroatoms. The van der Waals surface area contributed by atoms with Crippen LogP contribution in [0.15, 0.2) is 24.3 Å². The standard InChI is InChI=1S/C16H23N3O2/c1-19(2)16(21)12-5-3-6-14(11-12)18-15(20)9-8-13-7-4-10-17-13/h3,5-6,11,13,17H,4,7-10H2,1-2H3,(H,18,20). The summed E-state index contributed by atoms with van der Waals surface area (Å²) in [6.45, 7) is 1.06. The summed E-state index contributed by atoms with van der Waals surface area (Å²) < 4.78 is 0. The van der Waals surface area contributed by atoms with Gasteiger partial charge in [0, 0.05) is 37.8 Å². The van der Waals surface area contributed by atoms with Crippen LogP contribution in [-0.4, -0.2) is 43.4 Å². The van der Waals surface area contributed by atoms with E-state index in [2.05, 4.69) is 10.6 Å². The smallest absolute Gasteiger partial charge is 0.253 e. The number of nitrogens with one attached hydrogen (secondary N) is 2. The number of carbonyl (C=O) groups is 2. The molecular formula is C16H23N3O2. The molecular weight excluding hydrogens is 266 g/mol. The third-order valence-corrected chi connectivity index (χ3v) is 3.68. The molecule has 1 aliphatic rings. The molecule has 2 N–H and O–H groups in total. The summed E-state index contributed by atoms with van der Waals surface area (Å²) in [6.07, 6.45) is 3.72. The zero-order chi connectivity index (χ0) is 15.2. The van der Waals surface area contributed by atoms with Crippen LogP contribution >= 0.6 is 0 Å². The molecule has 1 aromatic carbocycles. The van der Waals surface area contributed by atoms with Crippen molar-refractivity contribution in [1.82, 2.24) is 10.2 Å². The average molecular weight is 289 g/mol. The molecule has 1 fully saturated rings. The lowest BCUT2D eigenvalue weighted by molar-refractivity contribution is -0.116. The van der Waals surface area contributed by atoms with Crippen LogP contribution < -0.4 is 10.6 Å². The highest BCUT2D eigenvalue weighted by molar-refractivity contribution is 5.96. The van der Waals surface area contributed by atoms with Gasteiger partial charge in [0.2, 0.25) is 5.91 Å². The van der Waals surface area contributed by atoms with E-state index in [1.165, 1.54) is 11.3 Å². The van der Waals surface area contributed by atoms with Crippen LogP contribution in [0, 0.1) is 0 Å². The minimum absolute atomic E-state index is 0.00171. The quantitative estimate of drug-likeness (QED) is 0.870. The van der Waals surface area contributed by atoms with Gasteiger partial charge in [-0.1, -0.05) is 6.07 Å². The fraction of sp³-hybridized carbons (Fsp3) is 0.500. The van der Waals surface area contributed by atoms with Crippen molar-refractivity contribution >= 4 is 17.5 Å². The molecule has 2 amide bonds. The molecule has 2 rings (SSSR count). The molecule has 21 heavy (non-hydrogen) atoms. The third kappa shape index (κ3) is 4.56. The highest BCUT2D eigenvalue weighted by Gasteiger charge is 2.15. The van der Waals surface area contributed by atoms with E-state index in [9.17, 15) is 9.59 Å². The van der Waals surface area contributed by atoms with E-state index in [-0.39, 0.29) is 11.8 Å². The number of amides is 2. The Hall–Kier alpha value is -1.88. The van der Waals surface area contributed by atoms with Gasteiger partial charge < -0.3 is 15.5 Å². The van der Waals surface area contributed by atoms with Crippen molar-refractivity contribution < 1.29 is 9.59 Å². The topological polar surface area (TPSA) is 61.4 Å². The first kappa shape index (κ1) is 15.5. The normalized spacial score (nSPS) is 17.5. The van der Waals surface area contributed by atoms with Crippen molar-refractivity contribution in [3.05, 3.63) is 29.8 Å². The lowest BCUT2D eigenvalue weighted by Crippen LogP contribution is -2.24. The molecule has 0 spiro atoms. The van der Waals surface area contributed by atoms with Gasteiger partial charge in [-0.2, -0.15) is 0 Å². The highest BCUT2D eigenvalue weighted by atomic mass is 16.2. The van der Waals surface area contributed by atoms with E-state index in [0.717, 1.165) is 19.4 Å². The van der Waals surface area contributed by atoms with Crippen LogP contribution in [-0.2, 0) is 4.79 Å². The Morgan fingerprint density at radius 1 is 1.38 bits per heavy atom. The van der Waals surface area contributed by atoms with Crippen LogP contribution in [0.3, 0.4) is 0 Å². The molecule has 1 unspecified atom stereocenters. The van der Waals surface area contributed by atoms with Gasteiger partial charge in [0.25, 0.3) is 5.91 Å². The summed E-state index contributed by atoms with van der Waals surface area (Å²) >= 11 is 0. The highest BCUT2D eigenvalue weighted by Crippen LogP contribution is 2.14. The van der Waals surface area contributed by atoms with E-state index in [0.29, 0.717) is 23.7 Å². The molecule has 1 aromatic rings. The Kier molecular flexibility index (Phi) is 5.33. The van der Waals surface area contributed by atoms with Gasteiger partial charge in [-0.25, -0.2) is 0 Å². The number of carbonyl (C=O) groups excluding carboxylic acids is 2. The maximum atomic E-state index is 11.9. The third-order valence-electron chi connectivity index (χ3n) is 3.68. The Balaban J connectivity index is 1.88. The maximum Gasteiger partial charge on any atom is 0.253 e. The van der Waals surface area contributed by atoms with Crippen LogP contribution in [0.25, 0.3) is 0 Å². The number of nitrogens with zero attached hydrogens (tertiary/aromatic N) is 1. The number of rotatable bonds is 5. The van der Waals surface area contributed by atoms with Crippen molar-refractivity contribution in [2.75, 3.05) is 26.0 Å². The van der Waals surface area contributed by atoms with E-state index in [1.54, 1.807) is 38.4 Å². The molecule has 114 valence electrons. The molecule has 5 nitrogen and oxygen atoms in total. The Labute approximate surface area is 125 Å². The fourth-order valence-corrected chi connectivity index (χ4v) is 2.52. The molecule has 1 heterocycles. The minimum atomic E-state index is -0.0683. The van der Waals surface area contributed by atoms with Crippen molar-refractivity contribution in [3.63, 3.8) is 0 Å². The molecule has 1 saturated heterocycles. The lowest BCUT2D eigenvalue weighted by Gasteiger charge is -2.12. The Morgan fingerprint density at radius 2 is 2.19 bits per heavy atom. The molecule has 0 saturated carbocycles. The largest absolute Gasteiger partial charge is 0.345 e. The van der Waals surface area contributed by atoms with E-state index < -0.39 is 0 Å². The van der Waals surface area contributed by atoms with Gasteiger partial charge in [-0.3, -0.25) is 9.59 Å². The second-order valence-corrected chi connectivity index (χ2v) is 5.66. The van der Waals surface area contributed by atoms with Crippen molar-refractivity contribution in [3.8, 4) is 0 Å². The molecule has 1 aliphatic heterocycles. The second kappa shape index (κ2) is 7.22. The van der Waals surface area contributed by atoms with E-state index >= 15 is 0 Å². The summed E-state index contributed by atoms with van der Waals surface area (Å²) in [7, 11) is 3.42. The van der Waals surface area contributed by atoms with Gasteiger partial charge in [0.15, 0.2) is 0 Å². The molecule has 0 bridgehead atoms. The first-order chi connectivity index (χ1) is 10.1. The van der Waals surface area contributed by atoms with Crippen LogP contribution in [0.5, 0.6) is 0 Å². The minimum Gasteiger partial charge on any atom is -0.345 e. The first-order valence-electron chi connectivity index (χ1n) is 7.41. The van der Waals surface area contributed by atoms with Crippen molar-refractivity contribution in [1.29, 1.82) is 0 Å². The summed E-state index contributed by atoms with van der Waals surface area (Å²) in [4.78, 5) is 25.4. The monoisotopic (exact) mass is 289 g/mol. The van der Waals surface area contributed by atoms with Crippen molar-refractivity contribution in [2.45, 2.75) is 31.7 Å². The predicted octanol–water partition coefficient (Wildman–Crippen LogP) is 1.86. The van der Waals surface area contributed by atoms with Gasteiger partial charge in [0.1, 0.15) is 0 Å². The SMILES string of the molecule is CN(C)C(=O)c1cccc(NC(=O)CCC2CCCN2)c1.